The van der Waals surface area contributed by atoms with E-state index in [-0.39, 0.29) is 17.9 Å². The fourth-order valence-corrected chi connectivity index (χ4v) is 3.93. The van der Waals surface area contributed by atoms with Gasteiger partial charge in [-0.05, 0) is 25.3 Å². The van der Waals surface area contributed by atoms with Gasteiger partial charge in [-0.1, -0.05) is 30.3 Å². The van der Waals surface area contributed by atoms with Crippen LogP contribution in [0.3, 0.4) is 0 Å². The van der Waals surface area contributed by atoms with Crippen molar-refractivity contribution >= 4 is 11.7 Å². The van der Waals surface area contributed by atoms with Gasteiger partial charge in [0.2, 0.25) is 5.91 Å². The molecule has 0 aliphatic carbocycles. The Hall–Kier alpha value is -2.18. The van der Waals surface area contributed by atoms with Crippen LogP contribution in [0.1, 0.15) is 31.4 Å². The summed E-state index contributed by atoms with van der Waals surface area (Å²) in [6, 6.07) is 12.7. The van der Waals surface area contributed by atoms with Gasteiger partial charge in [-0.15, -0.1) is 0 Å². The van der Waals surface area contributed by atoms with Crippen LogP contribution in [0, 0.1) is 5.92 Å². The molecule has 2 aliphatic heterocycles. The van der Waals surface area contributed by atoms with Crippen molar-refractivity contribution < 1.29 is 9.53 Å². The van der Waals surface area contributed by atoms with E-state index in [0.29, 0.717) is 12.6 Å². The number of benzene rings is 1. The smallest absolute Gasteiger partial charge is 0.231 e. The lowest BCUT2D eigenvalue weighted by Gasteiger charge is -2.18. The third kappa shape index (κ3) is 3.81. The van der Waals surface area contributed by atoms with E-state index in [4.69, 9.17) is 4.74 Å². The molecule has 2 aromatic rings. The molecule has 3 unspecified atom stereocenters. The van der Waals surface area contributed by atoms with Gasteiger partial charge in [0.25, 0.3) is 0 Å². The molecule has 2 aliphatic rings. The third-order valence-electron chi connectivity index (χ3n) is 5.33. The first-order valence-electron chi connectivity index (χ1n) is 9.41. The van der Waals surface area contributed by atoms with Crippen molar-refractivity contribution in [1.82, 2.24) is 14.7 Å². The lowest BCUT2D eigenvalue weighted by molar-refractivity contribution is -0.119. The van der Waals surface area contributed by atoms with Crippen molar-refractivity contribution in [3.8, 4) is 0 Å². The summed E-state index contributed by atoms with van der Waals surface area (Å²) in [5, 5.41) is 7.54. The average molecular weight is 354 g/mol. The second kappa shape index (κ2) is 7.60. The van der Waals surface area contributed by atoms with Gasteiger partial charge in [-0.2, -0.15) is 5.10 Å². The first-order valence-corrected chi connectivity index (χ1v) is 9.41. The Morgan fingerprint density at radius 3 is 2.92 bits per heavy atom. The van der Waals surface area contributed by atoms with E-state index in [2.05, 4.69) is 39.6 Å². The molecule has 3 atom stereocenters. The quantitative estimate of drug-likeness (QED) is 0.897. The number of amides is 1. The molecule has 0 bridgehead atoms. The van der Waals surface area contributed by atoms with Crippen LogP contribution in [0.4, 0.5) is 5.82 Å². The van der Waals surface area contributed by atoms with Crippen molar-refractivity contribution in [2.45, 2.75) is 38.5 Å². The Kier molecular flexibility index (Phi) is 5.04. The summed E-state index contributed by atoms with van der Waals surface area (Å²) in [5.74, 6) is 0.767. The number of likely N-dealkylation sites (tertiary alicyclic amines) is 1. The lowest BCUT2D eigenvalue weighted by Crippen LogP contribution is -2.26. The molecule has 0 radical (unpaired) electrons. The highest BCUT2D eigenvalue weighted by Crippen LogP contribution is 2.27. The number of rotatable bonds is 5. The number of hydrogen-bond donors (Lipinski definition) is 1. The Morgan fingerprint density at radius 1 is 1.31 bits per heavy atom. The van der Waals surface area contributed by atoms with Gasteiger partial charge in [0.05, 0.1) is 30.9 Å². The molecule has 3 heterocycles. The maximum absolute atomic E-state index is 12.5. The first kappa shape index (κ1) is 17.2. The van der Waals surface area contributed by atoms with Gasteiger partial charge < -0.3 is 10.1 Å². The van der Waals surface area contributed by atoms with E-state index in [0.717, 1.165) is 38.3 Å². The summed E-state index contributed by atoms with van der Waals surface area (Å²) in [5.41, 5.74) is 1.33. The molecule has 2 saturated heterocycles. The van der Waals surface area contributed by atoms with Gasteiger partial charge >= 0.3 is 0 Å². The third-order valence-corrected chi connectivity index (χ3v) is 5.33. The maximum atomic E-state index is 12.5. The number of aromatic nitrogens is 2. The number of anilines is 1. The molecule has 1 N–H and O–H groups in total. The number of nitrogens with zero attached hydrogens (tertiary/aromatic N) is 3. The highest BCUT2D eigenvalue weighted by molar-refractivity contribution is 5.92. The SMILES string of the molecule is CC1CC(C(=O)Nc2ccnn2C2CCN(Cc3ccccc3)C2)CO1. The van der Waals surface area contributed by atoms with Crippen LogP contribution < -0.4 is 5.32 Å². The standard InChI is InChI=1S/C20H26N4O2/c1-15-11-17(14-26-15)20(25)22-19-7-9-21-24(19)18-8-10-23(13-18)12-16-5-3-2-4-6-16/h2-7,9,15,17-18H,8,10-14H2,1H3,(H,22,25). The van der Waals surface area contributed by atoms with Gasteiger partial charge in [0.1, 0.15) is 5.82 Å². The molecule has 1 aromatic carbocycles. The van der Waals surface area contributed by atoms with E-state index in [1.807, 2.05) is 23.7 Å². The van der Waals surface area contributed by atoms with Gasteiger partial charge in [0.15, 0.2) is 0 Å². The van der Waals surface area contributed by atoms with Crippen LogP contribution in [0.2, 0.25) is 0 Å². The second-order valence-electron chi connectivity index (χ2n) is 7.39. The minimum atomic E-state index is -0.0634. The molecule has 6 heteroatoms. The predicted molar refractivity (Wildman–Crippen MR) is 99.8 cm³/mol. The molecule has 1 aromatic heterocycles. The van der Waals surface area contributed by atoms with Crippen LogP contribution >= 0.6 is 0 Å². The summed E-state index contributed by atoms with van der Waals surface area (Å²) in [6.07, 6.45) is 3.76. The molecule has 26 heavy (non-hydrogen) atoms. The number of carbonyl (C=O) groups is 1. The molecule has 4 rings (SSSR count). The van der Waals surface area contributed by atoms with Crippen LogP contribution in [0.25, 0.3) is 0 Å². The Morgan fingerprint density at radius 2 is 2.15 bits per heavy atom. The molecule has 138 valence electrons. The van der Waals surface area contributed by atoms with E-state index in [1.165, 1.54) is 5.56 Å². The van der Waals surface area contributed by atoms with Gasteiger partial charge in [-0.3, -0.25) is 9.69 Å². The number of nitrogens with one attached hydrogen (secondary N) is 1. The molecule has 0 spiro atoms. The minimum absolute atomic E-state index is 0.0373. The molecule has 2 fully saturated rings. The number of hydrogen-bond acceptors (Lipinski definition) is 4. The van der Waals surface area contributed by atoms with Gasteiger partial charge in [0, 0.05) is 25.7 Å². The van der Waals surface area contributed by atoms with Crippen molar-refractivity contribution in [2.24, 2.45) is 5.92 Å². The largest absolute Gasteiger partial charge is 0.378 e. The topological polar surface area (TPSA) is 59.4 Å². The lowest BCUT2D eigenvalue weighted by atomic mass is 10.1. The molecule has 1 amide bonds. The molecule has 0 saturated carbocycles. The molecule has 6 nitrogen and oxygen atoms in total. The van der Waals surface area contributed by atoms with E-state index < -0.39 is 0 Å². The summed E-state index contributed by atoms with van der Waals surface area (Å²) >= 11 is 0. The molecular weight excluding hydrogens is 328 g/mol. The van der Waals surface area contributed by atoms with Crippen molar-refractivity contribution in [1.29, 1.82) is 0 Å². The summed E-state index contributed by atoms with van der Waals surface area (Å²) < 4.78 is 7.49. The number of ether oxygens (including phenoxy) is 1. The van der Waals surface area contributed by atoms with E-state index in [9.17, 15) is 4.79 Å². The summed E-state index contributed by atoms with van der Waals surface area (Å²) in [7, 11) is 0. The van der Waals surface area contributed by atoms with Crippen LogP contribution in [-0.4, -0.2) is 46.4 Å². The Bertz CT molecular complexity index is 745. The van der Waals surface area contributed by atoms with Crippen molar-refractivity contribution in [3.63, 3.8) is 0 Å². The first-order chi connectivity index (χ1) is 12.7. The van der Waals surface area contributed by atoms with Crippen molar-refractivity contribution in [3.05, 3.63) is 48.2 Å². The van der Waals surface area contributed by atoms with Crippen LogP contribution in [0.5, 0.6) is 0 Å². The predicted octanol–water partition coefficient (Wildman–Crippen LogP) is 2.69. The average Bonchev–Trinajstić information content (AvgIpc) is 3.37. The zero-order valence-electron chi connectivity index (χ0n) is 15.2. The van der Waals surface area contributed by atoms with Crippen LogP contribution in [0.15, 0.2) is 42.6 Å². The maximum Gasteiger partial charge on any atom is 0.231 e. The monoisotopic (exact) mass is 354 g/mol. The number of carbonyl (C=O) groups excluding carboxylic acids is 1. The van der Waals surface area contributed by atoms with E-state index >= 15 is 0 Å². The van der Waals surface area contributed by atoms with Crippen LogP contribution in [-0.2, 0) is 16.1 Å². The van der Waals surface area contributed by atoms with Crippen molar-refractivity contribution in [2.75, 3.05) is 25.0 Å². The zero-order chi connectivity index (χ0) is 17.9. The highest BCUT2D eigenvalue weighted by Gasteiger charge is 2.30. The zero-order valence-corrected chi connectivity index (χ0v) is 15.2. The fourth-order valence-electron chi connectivity index (χ4n) is 3.93. The molecular formula is C20H26N4O2. The highest BCUT2D eigenvalue weighted by atomic mass is 16.5. The van der Waals surface area contributed by atoms with Gasteiger partial charge in [-0.25, -0.2) is 4.68 Å². The van der Waals surface area contributed by atoms with E-state index in [1.54, 1.807) is 6.20 Å². The summed E-state index contributed by atoms with van der Waals surface area (Å²) in [6.45, 7) is 5.47. The Labute approximate surface area is 154 Å². The fraction of sp³-hybridized carbons (Fsp3) is 0.500. The second-order valence-corrected chi connectivity index (χ2v) is 7.39. The normalized spacial score (nSPS) is 26.3. The minimum Gasteiger partial charge on any atom is -0.378 e. The Balaban J connectivity index is 1.37. The summed E-state index contributed by atoms with van der Waals surface area (Å²) in [4.78, 5) is 14.9.